The topological polar surface area (TPSA) is 29.0 Å². The van der Waals surface area contributed by atoms with Crippen molar-refractivity contribution in [3.8, 4) is 0 Å². The molecule has 0 saturated heterocycles. The van der Waals surface area contributed by atoms with E-state index in [4.69, 9.17) is 16.6 Å². The van der Waals surface area contributed by atoms with E-state index in [1.807, 2.05) is 6.92 Å². The van der Waals surface area contributed by atoms with Gasteiger partial charge >= 0.3 is 0 Å². The first-order valence-electron chi connectivity index (χ1n) is 7.15. The maximum absolute atomic E-state index is 6.33. The van der Waals surface area contributed by atoms with Gasteiger partial charge in [-0.15, -0.1) is 11.3 Å². The number of rotatable bonds is 4. The van der Waals surface area contributed by atoms with E-state index in [-0.39, 0.29) is 5.41 Å². The van der Waals surface area contributed by atoms with Crippen LogP contribution in [0, 0.1) is 6.92 Å². The fourth-order valence-corrected chi connectivity index (χ4v) is 2.93. The second-order valence-electron chi connectivity index (χ2n) is 6.13. The van der Waals surface area contributed by atoms with E-state index in [2.05, 4.69) is 55.1 Å². The molecule has 0 aliphatic carbocycles. The summed E-state index contributed by atoms with van der Waals surface area (Å²) >= 11 is 8.10. The third-order valence-corrected chi connectivity index (χ3v) is 4.57. The van der Waals surface area contributed by atoms with Gasteiger partial charge in [-0.1, -0.05) is 38.4 Å². The van der Waals surface area contributed by atoms with E-state index >= 15 is 0 Å². The van der Waals surface area contributed by atoms with Crippen LogP contribution in [-0.2, 0) is 12.0 Å². The van der Waals surface area contributed by atoms with Gasteiger partial charge in [-0.25, -0.2) is 9.97 Å². The highest BCUT2D eigenvalue weighted by Gasteiger charge is 2.22. The van der Waals surface area contributed by atoms with Gasteiger partial charge in [-0.2, -0.15) is 0 Å². The largest absolute Gasteiger partial charge is 0.351 e. The number of hydrogen-bond donors (Lipinski definition) is 0. The van der Waals surface area contributed by atoms with Gasteiger partial charge in [-0.05, 0) is 25.3 Å². The number of nitrogens with zero attached hydrogens (tertiary/aromatic N) is 3. The van der Waals surface area contributed by atoms with E-state index in [0.717, 1.165) is 30.3 Å². The van der Waals surface area contributed by atoms with Gasteiger partial charge in [-0.3, -0.25) is 0 Å². The summed E-state index contributed by atoms with van der Waals surface area (Å²) in [5, 5.41) is 2.65. The molecule has 3 nitrogen and oxygen atoms in total. The Bertz CT molecular complexity index is 603. The van der Waals surface area contributed by atoms with Crippen molar-refractivity contribution in [2.45, 2.75) is 46.6 Å². The molecule has 0 radical (unpaired) electrons. The highest BCUT2D eigenvalue weighted by molar-refractivity contribution is 7.09. The molecule has 0 aliphatic rings. The lowest BCUT2D eigenvalue weighted by Gasteiger charge is -2.26. The third kappa shape index (κ3) is 3.74. The fraction of sp³-hybridized carbons (Fsp3) is 0.500. The van der Waals surface area contributed by atoms with Crippen molar-refractivity contribution < 1.29 is 0 Å². The second kappa shape index (κ2) is 6.32. The monoisotopic (exact) mass is 323 g/mol. The molecule has 2 heterocycles. The normalized spacial score (nSPS) is 11.7. The first kappa shape index (κ1) is 16.2. The summed E-state index contributed by atoms with van der Waals surface area (Å²) in [5.74, 6) is 1.73. The molecule has 0 spiro atoms. The van der Waals surface area contributed by atoms with Gasteiger partial charge in [0.2, 0.25) is 0 Å². The summed E-state index contributed by atoms with van der Waals surface area (Å²) < 4.78 is 0. The zero-order chi connectivity index (χ0) is 15.6. The van der Waals surface area contributed by atoms with Crippen molar-refractivity contribution in [2.24, 2.45) is 0 Å². The maximum Gasteiger partial charge on any atom is 0.137 e. The van der Waals surface area contributed by atoms with E-state index in [1.54, 1.807) is 11.3 Å². The standard InChI is InChI=1S/C16H22ClN3S/c1-6-20(10-12-8-7-9-21-12)14-11(2)13(17)18-15(19-14)16(3,4)5/h7-9H,6,10H2,1-5H3. The summed E-state index contributed by atoms with van der Waals surface area (Å²) in [4.78, 5) is 12.8. The first-order chi connectivity index (χ1) is 9.82. The molecule has 0 N–H and O–H groups in total. The Kier molecular flexibility index (Phi) is 4.89. The lowest BCUT2D eigenvalue weighted by Crippen LogP contribution is -2.26. The summed E-state index contributed by atoms with van der Waals surface area (Å²) in [7, 11) is 0. The average molecular weight is 324 g/mol. The van der Waals surface area contributed by atoms with Crippen LogP contribution in [0.3, 0.4) is 0 Å². The van der Waals surface area contributed by atoms with Crippen LogP contribution in [0.2, 0.25) is 5.15 Å². The Labute approximate surface area is 136 Å². The predicted octanol–water partition coefficient (Wildman–Crippen LogP) is 4.82. The van der Waals surface area contributed by atoms with E-state index in [0.29, 0.717) is 5.15 Å². The fourth-order valence-electron chi connectivity index (χ4n) is 2.05. The molecule has 5 heteroatoms. The van der Waals surface area contributed by atoms with Crippen molar-refractivity contribution in [3.05, 3.63) is 38.9 Å². The Hall–Kier alpha value is -1.13. The summed E-state index contributed by atoms with van der Waals surface area (Å²) in [6.07, 6.45) is 0. The Morgan fingerprint density at radius 3 is 2.52 bits per heavy atom. The van der Waals surface area contributed by atoms with Crippen LogP contribution < -0.4 is 4.90 Å². The minimum absolute atomic E-state index is 0.117. The molecule has 0 atom stereocenters. The lowest BCUT2D eigenvalue weighted by atomic mass is 9.95. The van der Waals surface area contributed by atoms with Gasteiger partial charge in [0.1, 0.15) is 16.8 Å². The summed E-state index contributed by atoms with van der Waals surface area (Å²) in [6.45, 7) is 12.2. The van der Waals surface area contributed by atoms with Crippen LogP contribution in [0.15, 0.2) is 17.5 Å². The molecule has 0 bridgehead atoms. The van der Waals surface area contributed by atoms with Gasteiger partial charge in [0.25, 0.3) is 0 Å². The molecule has 114 valence electrons. The van der Waals surface area contributed by atoms with E-state index in [1.165, 1.54) is 4.88 Å². The molecule has 0 fully saturated rings. The molecule has 2 aromatic heterocycles. The molecule has 2 rings (SSSR count). The van der Waals surface area contributed by atoms with Gasteiger partial charge < -0.3 is 4.90 Å². The third-order valence-electron chi connectivity index (χ3n) is 3.34. The lowest BCUT2D eigenvalue weighted by molar-refractivity contribution is 0.543. The molecule has 0 unspecified atom stereocenters. The molecular weight excluding hydrogens is 302 g/mol. The second-order valence-corrected chi connectivity index (χ2v) is 7.52. The van der Waals surface area contributed by atoms with Crippen LogP contribution in [0.25, 0.3) is 0 Å². The SMILES string of the molecule is CCN(Cc1cccs1)c1nc(C(C)(C)C)nc(Cl)c1C. The van der Waals surface area contributed by atoms with E-state index < -0.39 is 0 Å². The smallest absolute Gasteiger partial charge is 0.137 e. The molecule has 0 aliphatic heterocycles. The minimum Gasteiger partial charge on any atom is -0.351 e. The zero-order valence-electron chi connectivity index (χ0n) is 13.3. The van der Waals surface area contributed by atoms with Crippen LogP contribution in [-0.4, -0.2) is 16.5 Å². The quantitative estimate of drug-likeness (QED) is 0.755. The number of aromatic nitrogens is 2. The Morgan fingerprint density at radius 1 is 1.29 bits per heavy atom. The van der Waals surface area contributed by atoms with Gasteiger partial charge in [0, 0.05) is 22.4 Å². The van der Waals surface area contributed by atoms with Crippen LogP contribution in [0.5, 0.6) is 0 Å². The van der Waals surface area contributed by atoms with Crippen LogP contribution >= 0.6 is 22.9 Å². The minimum atomic E-state index is -0.117. The molecule has 0 amide bonds. The van der Waals surface area contributed by atoms with Crippen LogP contribution in [0.1, 0.15) is 44.0 Å². The highest BCUT2D eigenvalue weighted by atomic mass is 35.5. The Morgan fingerprint density at radius 2 is 2.00 bits per heavy atom. The van der Waals surface area contributed by atoms with Gasteiger partial charge in [0.05, 0.1) is 6.54 Å². The zero-order valence-corrected chi connectivity index (χ0v) is 14.8. The number of hydrogen-bond acceptors (Lipinski definition) is 4. The predicted molar refractivity (Wildman–Crippen MR) is 91.5 cm³/mol. The molecule has 0 aromatic carbocycles. The summed E-state index contributed by atoms with van der Waals surface area (Å²) in [5.41, 5.74) is 0.831. The summed E-state index contributed by atoms with van der Waals surface area (Å²) in [6, 6.07) is 4.23. The number of halogens is 1. The number of thiophene rings is 1. The molecule has 2 aromatic rings. The van der Waals surface area contributed by atoms with Crippen molar-refractivity contribution in [1.82, 2.24) is 9.97 Å². The first-order valence-corrected chi connectivity index (χ1v) is 8.40. The van der Waals surface area contributed by atoms with E-state index in [9.17, 15) is 0 Å². The Balaban J connectivity index is 2.42. The number of anilines is 1. The van der Waals surface area contributed by atoms with Crippen molar-refractivity contribution >= 4 is 28.8 Å². The highest BCUT2D eigenvalue weighted by Crippen LogP contribution is 2.29. The molecular formula is C16H22ClN3S. The maximum atomic E-state index is 6.33. The van der Waals surface area contributed by atoms with Crippen LogP contribution in [0.4, 0.5) is 5.82 Å². The molecule has 21 heavy (non-hydrogen) atoms. The van der Waals surface area contributed by atoms with Crippen molar-refractivity contribution in [1.29, 1.82) is 0 Å². The molecule has 0 saturated carbocycles. The van der Waals surface area contributed by atoms with Crippen molar-refractivity contribution in [2.75, 3.05) is 11.4 Å². The average Bonchev–Trinajstić information content (AvgIpc) is 2.91. The van der Waals surface area contributed by atoms with Crippen molar-refractivity contribution in [3.63, 3.8) is 0 Å². The van der Waals surface area contributed by atoms with Gasteiger partial charge in [0.15, 0.2) is 0 Å².